The third-order valence-electron chi connectivity index (χ3n) is 3.20. The van der Waals surface area contributed by atoms with Gasteiger partial charge in [0, 0.05) is 17.6 Å². The molecular formula is C13H19ClN2. The highest BCUT2D eigenvalue weighted by atomic mass is 35.5. The Hall–Kier alpha value is -0.570. The second kappa shape index (κ2) is 5.67. The first kappa shape index (κ1) is 11.9. The standard InChI is InChI=1S/C13H19ClN2/c14-12-6-4-11(5-7-12)13(15)10-16-8-2-1-3-9-16/h4-7,13H,1-3,8-10,15H2/t13-/m1/s1. The van der Waals surface area contributed by atoms with Crippen molar-refractivity contribution in [3.05, 3.63) is 34.9 Å². The molecule has 1 atom stereocenters. The molecule has 1 aliphatic heterocycles. The summed E-state index contributed by atoms with van der Waals surface area (Å²) >= 11 is 5.86. The number of benzene rings is 1. The number of hydrogen-bond acceptors (Lipinski definition) is 2. The first-order chi connectivity index (χ1) is 7.75. The number of nitrogens with zero attached hydrogens (tertiary/aromatic N) is 1. The number of rotatable bonds is 3. The maximum Gasteiger partial charge on any atom is 0.0424 e. The van der Waals surface area contributed by atoms with Gasteiger partial charge in [0.2, 0.25) is 0 Å². The minimum atomic E-state index is 0.107. The SMILES string of the molecule is N[C@H](CN1CCCCC1)c1ccc(Cl)cc1. The van der Waals surface area contributed by atoms with Gasteiger partial charge in [0.25, 0.3) is 0 Å². The smallest absolute Gasteiger partial charge is 0.0424 e. The normalized spacial score (nSPS) is 19.6. The molecule has 3 heteroatoms. The zero-order chi connectivity index (χ0) is 11.4. The second-order valence-electron chi connectivity index (χ2n) is 4.52. The van der Waals surface area contributed by atoms with Crippen molar-refractivity contribution < 1.29 is 0 Å². The van der Waals surface area contributed by atoms with Crippen molar-refractivity contribution in [1.82, 2.24) is 4.90 Å². The van der Waals surface area contributed by atoms with Crippen molar-refractivity contribution in [1.29, 1.82) is 0 Å². The number of piperidine rings is 1. The zero-order valence-electron chi connectivity index (χ0n) is 9.53. The van der Waals surface area contributed by atoms with Crippen LogP contribution in [0.3, 0.4) is 0 Å². The molecule has 1 saturated heterocycles. The van der Waals surface area contributed by atoms with Crippen LogP contribution in [-0.4, -0.2) is 24.5 Å². The van der Waals surface area contributed by atoms with Gasteiger partial charge < -0.3 is 10.6 Å². The van der Waals surface area contributed by atoms with E-state index >= 15 is 0 Å². The summed E-state index contributed by atoms with van der Waals surface area (Å²) < 4.78 is 0. The van der Waals surface area contributed by atoms with Crippen LogP contribution in [0.5, 0.6) is 0 Å². The van der Waals surface area contributed by atoms with Crippen LogP contribution in [0.2, 0.25) is 5.02 Å². The van der Waals surface area contributed by atoms with E-state index < -0.39 is 0 Å². The summed E-state index contributed by atoms with van der Waals surface area (Å²) in [6.07, 6.45) is 3.99. The Morgan fingerprint density at radius 2 is 1.75 bits per heavy atom. The molecule has 1 aromatic rings. The van der Waals surface area contributed by atoms with Gasteiger partial charge in [-0.3, -0.25) is 0 Å². The highest BCUT2D eigenvalue weighted by Gasteiger charge is 2.14. The van der Waals surface area contributed by atoms with Gasteiger partial charge in [-0.15, -0.1) is 0 Å². The van der Waals surface area contributed by atoms with E-state index in [1.54, 1.807) is 0 Å². The zero-order valence-corrected chi connectivity index (χ0v) is 10.3. The summed E-state index contributed by atoms with van der Waals surface area (Å²) in [6.45, 7) is 3.35. The Morgan fingerprint density at radius 1 is 1.12 bits per heavy atom. The number of halogens is 1. The molecule has 1 fully saturated rings. The lowest BCUT2D eigenvalue weighted by Gasteiger charge is -2.29. The quantitative estimate of drug-likeness (QED) is 0.878. The molecule has 0 unspecified atom stereocenters. The summed E-state index contributed by atoms with van der Waals surface area (Å²) in [6, 6.07) is 7.98. The molecule has 1 aromatic carbocycles. The summed E-state index contributed by atoms with van der Waals surface area (Å²) in [7, 11) is 0. The van der Waals surface area contributed by atoms with Crippen LogP contribution in [0.1, 0.15) is 30.9 Å². The summed E-state index contributed by atoms with van der Waals surface area (Å²) in [5, 5.41) is 0.772. The molecular weight excluding hydrogens is 220 g/mol. The Balaban J connectivity index is 1.91. The lowest BCUT2D eigenvalue weighted by molar-refractivity contribution is 0.216. The van der Waals surface area contributed by atoms with Gasteiger partial charge in [-0.25, -0.2) is 0 Å². The van der Waals surface area contributed by atoms with Crippen molar-refractivity contribution in [2.75, 3.05) is 19.6 Å². The monoisotopic (exact) mass is 238 g/mol. The average Bonchev–Trinajstić information content (AvgIpc) is 2.31. The molecule has 0 radical (unpaired) electrons. The third-order valence-corrected chi connectivity index (χ3v) is 3.45. The maximum atomic E-state index is 6.19. The predicted octanol–water partition coefficient (Wildman–Crippen LogP) is 2.83. The fraction of sp³-hybridized carbons (Fsp3) is 0.538. The first-order valence-corrected chi connectivity index (χ1v) is 6.37. The van der Waals surface area contributed by atoms with Crippen LogP contribution < -0.4 is 5.73 Å². The van der Waals surface area contributed by atoms with Crippen LogP contribution in [0, 0.1) is 0 Å². The molecule has 2 nitrogen and oxygen atoms in total. The largest absolute Gasteiger partial charge is 0.323 e. The summed E-state index contributed by atoms with van der Waals surface area (Å²) in [5.74, 6) is 0. The number of hydrogen-bond donors (Lipinski definition) is 1. The molecule has 0 spiro atoms. The van der Waals surface area contributed by atoms with Gasteiger partial charge in [0.05, 0.1) is 0 Å². The lowest BCUT2D eigenvalue weighted by atomic mass is 10.1. The van der Waals surface area contributed by atoms with Crippen molar-refractivity contribution in [2.45, 2.75) is 25.3 Å². The molecule has 88 valence electrons. The third kappa shape index (κ3) is 3.21. The van der Waals surface area contributed by atoms with Gasteiger partial charge in [0.15, 0.2) is 0 Å². The van der Waals surface area contributed by atoms with Crippen molar-refractivity contribution in [3.63, 3.8) is 0 Å². The maximum absolute atomic E-state index is 6.19. The van der Waals surface area contributed by atoms with Gasteiger partial charge in [-0.2, -0.15) is 0 Å². The molecule has 0 aromatic heterocycles. The van der Waals surface area contributed by atoms with Gasteiger partial charge >= 0.3 is 0 Å². The van der Waals surface area contributed by atoms with E-state index in [0.29, 0.717) is 0 Å². The molecule has 2 N–H and O–H groups in total. The highest BCUT2D eigenvalue weighted by molar-refractivity contribution is 6.30. The van der Waals surface area contributed by atoms with E-state index in [0.717, 1.165) is 11.6 Å². The summed E-state index contributed by atoms with van der Waals surface area (Å²) in [5.41, 5.74) is 7.37. The lowest BCUT2D eigenvalue weighted by Crippen LogP contribution is -2.36. The second-order valence-corrected chi connectivity index (χ2v) is 4.96. The van der Waals surface area contributed by atoms with Crippen molar-refractivity contribution >= 4 is 11.6 Å². The first-order valence-electron chi connectivity index (χ1n) is 5.99. The van der Waals surface area contributed by atoms with Crippen molar-refractivity contribution in [2.24, 2.45) is 5.73 Å². The van der Waals surface area contributed by atoms with E-state index in [9.17, 15) is 0 Å². The Kier molecular flexibility index (Phi) is 4.22. The molecule has 2 rings (SSSR count). The van der Waals surface area contributed by atoms with E-state index in [2.05, 4.69) is 4.90 Å². The number of nitrogens with two attached hydrogens (primary N) is 1. The molecule has 0 bridgehead atoms. The molecule has 0 amide bonds. The van der Waals surface area contributed by atoms with Crippen LogP contribution in [0.15, 0.2) is 24.3 Å². The predicted molar refractivity (Wildman–Crippen MR) is 68.7 cm³/mol. The van der Waals surface area contributed by atoms with Crippen LogP contribution in [0.4, 0.5) is 0 Å². The van der Waals surface area contributed by atoms with Crippen molar-refractivity contribution in [3.8, 4) is 0 Å². The number of likely N-dealkylation sites (tertiary alicyclic amines) is 1. The Labute approximate surface area is 102 Å². The Morgan fingerprint density at radius 3 is 2.38 bits per heavy atom. The fourth-order valence-electron chi connectivity index (χ4n) is 2.24. The summed E-state index contributed by atoms with van der Waals surface area (Å²) in [4.78, 5) is 2.46. The Bertz CT molecular complexity index is 317. The average molecular weight is 239 g/mol. The van der Waals surface area contributed by atoms with Crippen LogP contribution >= 0.6 is 11.6 Å². The van der Waals surface area contributed by atoms with Gasteiger partial charge in [0.1, 0.15) is 0 Å². The topological polar surface area (TPSA) is 29.3 Å². The van der Waals surface area contributed by atoms with E-state index in [-0.39, 0.29) is 6.04 Å². The van der Waals surface area contributed by atoms with Crippen LogP contribution in [-0.2, 0) is 0 Å². The van der Waals surface area contributed by atoms with E-state index in [1.807, 2.05) is 24.3 Å². The van der Waals surface area contributed by atoms with Gasteiger partial charge in [-0.05, 0) is 43.6 Å². The van der Waals surface area contributed by atoms with E-state index in [1.165, 1.54) is 37.9 Å². The molecule has 16 heavy (non-hydrogen) atoms. The highest BCUT2D eigenvalue weighted by Crippen LogP contribution is 2.17. The van der Waals surface area contributed by atoms with Crippen LogP contribution in [0.25, 0.3) is 0 Å². The molecule has 0 aliphatic carbocycles. The molecule has 1 heterocycles. The molecule has 0 saturated carbocycles. The fourth-order valence-corrected chi connectivity index (χ4v) is 2.36. The van der Waals surface area contributed by atoms with Gasteiger partial charge in [-0.1, -0.05) is 30.2 Å². The minimum absolute atomic E-state index is 0.107. The molecule has 1 aliphatic rings. The minimum Gasteiger partial charge on any atom is -0.323 e. The van der Waals surface area contributed by atoms with E-state index in [4.69, 9.17) is 17.3 Å².